The monoisotopic (exact) mass is 895 g/mol. The number of hydrogen-bond acceptors (Lipinski definition) is 12. The summed E-state index contributed by atoms with van der Waals surface area (Å²) in [6, 6.07) is 11.2. The maximum absolute atomic E-state index is 15.7. The molecule has 4 saturated heterocycles. The van der Waals surface area contributed by atoms with Gasteiger partial charge in [-0.25, -0.2) is 23.7 Å². The number of anilines is 3. The molecule has 4 aliphatic rings. The Hall–Kier alpha value is -6.38. The molecular weight excluding hydrogens is 849 g/mol. The molecular formula is C44H47F2N11O6S. The van der Waals surface area contributed by atoms with Crippen molar-refractivity contribution in [2.24, 2.45) is 0 Å². The van der Waals surface area contributed by atoms with Crippen LogP contribution in [0.5, 0.6) is 0 Å². The Labute approximate surface area is 367 Å². The number of piperazine rings is 1. The predicted octanol–water partition coefficient (Wildman–Crippen LogP) is 4.03. The van der Waals surface area contributed by atoms with Crippen molar-refractivity contribution in [1.82, 2.24) is 39.4 Å². The van der Waals surface area contributed by atoms with Gasteiger partial charge in [-0.05, 0) is 87.0 Å². The lowest BCUT2D eigenvalue weighted by atomic mass is 9.89. The molecule has 17 nitrogen and oxygen atoms in total. The zero-order chi connectivity index (χ0) is 44.5. The second-order valence-electron chi connectivity index (χ2n) is 16.6. The van der Waals surface area contributed by atoms with Crippen molar-refractivity contribution in [3.05, 3.63) is 95.6 Å². The molecule has 1 unspecified atom stereocenters. The van der Waals surface area contributed by atoms with Gasteiger partial charge in [0.15, 0.2) is 5.82 Å². The second-order valence-corrected chi connectivity index (χ2v) is 18.3. The summed E-state index contributed by atoms with van der Waals surface area (Å²) < 4.78 is 59.8. The average molecular weight is 896 g/mol. The molecule has 3 amide bonds. The lowest BCUT2D eigenvalue weighted by molar-refractivity contribution is -0.134. The first-order valence-corrected chi connectivity index (χ1v) is 22.9. The SMILES string of the molecule is O=C1CCC(Nc2ccc(C3CCN(CC(=O)N4CCN(c5ncc(-c6cnc7[nH]cc(C(=O)c8c(F)ccc(NS(=O)(=O)N9CCCC9)c8F)c7c6)cn5)CC4)CC3)cc2)C(=O)N1. The smallest absolute Gasteiger partial charge is 0.301 e. The van der Waals surface area contributed by atoms with E-state index in [2.05, 4.69) is 52.3 Å². The van der Waals surface area contributed by atoms with E-state index in [1.54, 1.807) is 24.7 Å². The highest BCUT2D eigenvalue weighted by molar-refractivity contribution is 7.90. The van der Waals surface area contributed by atoms with Crippen LogP contribution in [0.1, 0.15) is 65.9 Å². The van der Waals surface area contributed by atoms with Crippen LogP contribution in [0.3, 0.4) is 0 Å². The number of aromatic nitrogens is 4. The van der Waals surface area contributed by atoms with E-state index in [4.69, 9.17) is 0 Å². The summed E-state index contributed by atoms with van der Waals surface area (Å²) in [5.74, 6) is -3.02. The number of ketones is 1. The summed E-state index contributed by atoms with van der Waals surface area (Å²) in [6.07, 6.45) is 10.1. The largest absolute Gasteiger partial charge is 0.374 e. The summed E-state index contributed by atoms with van der Waals surface area (Å²) >= 11 is 0. The third-order valence-corrected chi connectivity index (χ3v) is 14.1. The van der Waals surface area contributed by atoms with Gasteiger partial charge in [0.1, 0.15) is 17.5 Å². The number of nitrogens with one attached hydrogen (secondary N) is 4. The van der Waals surface area contributed by atoms with E-state index < -0.39 is 44.9 Å². The highest BCUT2D eigenvalue weighted by Crippen LogP contribution is 2.32. The van der Waals surface area contributed by atoms with Gasteiger partial charge >= 0.3 is 10.2 Å². The Kier molecular flexibility index (Phi) is 12.1. The van der Waals surface area contributed by atoms with E-state index >= 15 is 8.78 Å². The van der Waals surface area contributed by atoms with Gasteiger partial charge in [0, 0.05) is 98.2 Å². The molecule has 2 aromatic carbocycles. The molecule has 0 radical (unpaired) electrons. The van der Waals surface area contributed by atoms with Crippen LogP contribution in [0.2, 0.25) is 0 Å². The lowest BCUT2D eigenvalue weighted by Gasteiger charge is -2.37. The van der Waals surface area contributed by atoms with Crippen LogP contribution in [-0.2, 0) is 24.6 Å². The summed E-state index contributed by atoms with van der Waals surface area (Å²) in [4.78, 5) is 73.2. The van der Waals surface area contributed by atoms with Gasteiger partial charge in [-0.1, -0.05) is 12.1 Å². The number of halogens is 2. The number of benzene rings is 2. The fraction of sp³-hybridized carbons (Fsp3) is 0.386. The van der Waals surface area contributed by atoms with E-state index in [1.165, 1.54) is 16.1 Å². The van der Waals surface area contributed by atoms with E-state index in [0.717, 1.165) is 43.8 Å². The number of likely N-dealkylation sites (tertiary alicyclic amines) is 1. The molecule has 7 heterocycles. The van der Waals surface area contributed by atoms with Gasteiger partial charge in [-0.15, -0.1) is 0 Å². The minimum atomic E-state index is -4.10. The predicted molar refractivity (Wildman–Crippen MR) is 234 cm³/mol. The third kappa shape index (κ3) is 9.02. The summed E-state index contributed by atoms with van der Waals surface area (Å²) in [5, 5.41) is 5.89. The number of H-pyrrole nitrogens is 1. The fourth-order valence-electron chi connectivity index (χ4n) is 8.84. The zero-order valence-electron chi connectivity index (χ0n) is 34.9. The zero-order valence-corrected chi connectivity index (χ0v) is 35.7. The highest BCUT2D eigenvalue weighted by Gasteiger charge is 2.31. The first-order chi connectivity index (χ1) is 30.9. The molecule has 4 fully saturated rings. The Balaban J connectivity index is 0.771. The van der Waals surface area contributed by atoms with Crippen molar-refractivity contribution in [2.45, 2.75) is 50.5 Å². The molecule has 0 aliphatic carbocycles. The molecule has 9 rings (SSSR count). The van der Waals surface area contributed by atoms with Crippen molar-refractivity contribution < 1.29 is 36.4 Å². The Morgan fingerprint density at radius 2 is 1.53 bits per heavy atom. The van der Waals surface area contributed by atoms with Gasteiger partial charge in [0.2, 0.25) is 29.5 Å². The van der Waals surface area contributed by atoms with Crippen LogP contribution in [0.15, 0.2) is 67.3 Å². The number of aromatic amines is 1. The maximum Gasteiger partial charge on any atom is 0.301 e. The molecule has 0 bridgehead atoms. The third-order valence-electron chi connectivity index (χ3n) is 12.5. The number of amides is 3. The highest BCUT2D eigenvalue weighted by atomic mass is 32.2. The van der Waals surface area contributed by atoms with E-state index in [-0.39, 0.29) is 36.4 Å². The molecule has 1 atom stereocenters. The number of rotatable bonds is 12. The molecule has 4 aliphatic heterocycles. The summed E-state index contributed by atoms with van der Waals surface area (Å²) in [5.41, 5.74) is 2.03. The van der Waals surface area contributed by atoms with Gasteiger partial charge in [-0.3, -0.25) is 34.1 Å². The Bertz CT molecular complexity index is 2700. The van der Waals surface area contributed by atoms with Crippen LogP contribution in [0.25, 0.3) is 22.2 Å². The van der Waals surface area contributed by atoms with Gasteiger partial charge in [0.25, 0.3) is 0 Å². The second kappa shape index (κ2) is 18.0. The van der Waals surface area contributed by atoms with Crippen molar-refractivity contribution >= 4 is 62.1 Å². The summed E-state index contributed by atoms with van der Waals surface area (Å²) in [6.45, 7) is 4.70. The van der Waals surface area contributed by atoms with Crippen LogP contribution in [-0.4, -0.2) is 131 Å². The topological polar surface area (TPSA) is 206 Å². The first-order valence-electron chi connectivity index (χ1n) is 21.5. The minimum absolute atomic E-state index is 0.0543. The van der Waals surface area contributed by atoms with Crippen LogP contribution in [0.4, 0.5) is 26.1 Å². The average Bonchev–Trinajstić information content (AvgIpc) is 4.01. The lowest BCUT2D eigenvalue weighted by Crippen LogP contribution is -2.52. The number of nitrogens with zero attached hydrogens (tertiary/aromatic N) is 7. The molecule has 0 saturated carbocycles. The van der Waals surface area contributed by atoms with Gasteiger partial charge in [0.05, 0.1) is 17.8 Å². The van der Waals surface area contributed by atoms with Gasteiger partial charge < -0.3 is 20.1 Å². The maximum atomic E-state index is 15.7. The first kappa shape index (κ1) is 42.9. The number of piperidine rings is 2. The molecule has 3 aromatic heterocycles. The number of pyridine rings is 1. The normalized spacial score (nSPS) is 19.2. The number of imide groups is 1. The van der Waals surface area contributed by atoms with E-state index in [1.807, 2.05) is 21.9 Å². The molecule has 5 aromatic rings. The van der Waals surface area contributed by atoms with E-state index in [9.17, 15) is 27.6 Å². The molecule has 334 valence electrons. The standard InChI is InChI=1S/C44H47F2N11O6S/c45-34-7-8-35(53-64(62,63)57-13-1-2-14-57)40(46)39(34)41(60)33-25-48-42-32(33)21-29(22-47-42)30-23-49-44(50-24-30)56-19-17-55(18-20-56)38(59)26-54-15-11-28(12-16-54)27-3-5-31(6-4-27)51-36-9-10-37(58)52-43(36)61/h3-8,21-25,28,36,51,53H,1-2,9-20,26H2,(H,47,48)(H,52,58,61). The van der Waals surface area contributed by atoms with Crippen molar-refractivity contribution in [3.8, 4) is 11.1 Å². The van der Waals surface area contributed by atoms with Crippen LogP contribution >= 0.6 is 0 Å². The van der Waals surface area contributed by atoms with Crippen LogP contribution < -0.4 is 20.3 Å². The quantitative estimate of drug-likeness (QED) is 0.104. The van der Waals surface area contributed by atoms with Crippen molar-refractivity contribution in [2.75, 3.05) is 73.8 Å². The van der Waals surface area contributed by atoms with Crippen molar-refractivity contribution in [3.63, 3.8) is 0 Å². The van der Waals surface area contributed by atoms with Crippen LogP contribution in [0, 0.1) is 11.6 Å². The molecule has 64 heavy (non-hydrogen) atoms. The number of carbonyl (C=O) groups is 4. The number of fused-ring (bicyclic) bond motifs is 1. The minimum Gasteiger partial charge on any atom is -0.374 e. The number of hydrogen-bond donors (Lipinski definition) is 4. The Morgan fingerprint density at radius 3 is 2.23 bits per heavy atom. The molecule has 0 spiro atoms. The van der Waals surface area contributed by atoms with Crippen molar-refractivity contribution in [1.29, 1.82) is 0 Å². The molecule has 4 N–H and O–H groups in total. The van der Waals surface area contributed by atoms with E-state index in [0.29, 0.717) is 92.4 Å². The Morgan fingerprint density at radius 1 is 0.828 bits per heavy atom. The summed E-state index contributed by atoms with van der Waals surface area (Å²) in [7, 11) is -4.10. The molecule has 20 heteroatoms. The van der Waals surface area contributed by atoms with Gasteiger partial charge in [-0.2, -0.15) is 12.7 Å². The fourth-order valence-corrected chi connectivity index (χ4v) is 10.1. The number of carbonyl (C=O) groups excluding carboxylic acids is 4.